The Labute approximate surface area is 238 Å². The summed E-state index contributed by atoms with van der Waals surface area (Å²) < 4.78 is 17.8. The van der Waals surface area contributed by atoms with Crippen LogP contribution < -0.4 is 14.2 Å². The Morgan fingerprint density at radius 2 is 1.74 bits per heavy atom. The first-order valence-electron chi connectivity index (χ1n) is 11.9. The van der Waals surface area contributed by atoms with E-state index in [4.69, 9.17) is 14.2 Å². The first kappa shape index (κ1) is 28.2. The lowest BCUT2D eigenvalue weighted by Gasteiger charge is -2.15. The molecule has 0 radical (unpaired) electrons. The molecule has 0 bridgehead atoms. The number of carbonyl (C=O) groups excluding carboxylic acids is 2. The molecule has 1 heterocycles. The van der Waals surface area contributed by atoms with E-state index in [-0.39, 0.29) is 41.5 Å². The Kier molecular flexibility index (Phi) is 8.93. The van der Waals surface area contributed by atoms with Crippen molar-refractivity contribution in [3.05, 3.63) is 96.3 Å². The minimum Gasteiger partial charge on any atom is -0.493 e. The molecule has 2 amide bonds. The molecular formula is C28H25BrN2O7S. The number of amides is 2. The Hall–Kier alpha value is -3.83. The molecule has 0 unspecified atom stereocenters. The number of thioether (sulfide) groups is 1. The maximum absolute atomic E-state index is 13.0. The number of carbonyl (C=O) groups is 2. The van der Waals surface area contributed by atoms with Gasteiger partial charge >= 0.3 is 0 Å². The maximum Gasteiger partial charge on any atom is 0.293 e. The molecule has 0 saturated carbocycles. The van der Waals surface area contributed by atoms with Crippen LogP contribution in [0.5, 0.6) is 17.2 Å². The summed E-state index contributed by atoms with van der Waals surface area (Å²) in [7, 11) is 1.50. The standard InChI is InChI=1S/C28H25BrN2O7S/c1-17-4-5-18(2)23(12-17)37-11-10-30-27(32)26(39-28(30)33)14-20-13-24(36-3)25(15-22(20)29)38-16-19-6-8-21(9-7-19)31(34)35/h4-9,12-15H,10-11,16H2,1-3H3/b26-14-. The second-order valence-electron chi connectivity index (χ2n) is 8.69. The Morgan fingerprint density at radius 1 is 1.00 bits per heavy atom. The molecule has 0 N–H and O–H groups in total. The zero-order valence-electron chi connectivity index (χ0n) is 21.4. The van der Waals surface area contributed by atoms with Crippen LogP contribution in [0.2, 0.25) is 0 Å². The Balaban J connectivity index is 1.43. The highest BCUT2D eigenvalue weighted by Gasteiger charge is 2.35. The number of ether oxygens (including phenoxy) is 3. The third-order valence-electron chi connectivity index (χ3n) is 5.90. The van der Waals surface area contributed by atoms with E-state index in [9.17, 15) is 19.7 Å². The van der Waals surface area contributed by atoms with Gasteiger partial charge in [-0.1, -0.05) is 28.1 Å². The summed E-state index contributed by atoms with van der Waals surface area (Å²) in [5.74, 6) is 1.20. The van der Waals surface area contributed by atoms with Crippen molar-refractivity contribution in [2.75, 3.05) is 20.3 Å². The predicted octanol–water partition coefficient (Wildman–Crippen LogP) is 6.68. The van der Waals surface area contributed by atoms with Gasteiger partial charge in [-0.25, -0.2) is 0 Å². The van der Waals surface area contributed by atoms with Crippen molar-refractivity contribution < 1.29 is 28.7 Å². The van der Waals surface area contributed by atoms with Gasteiger partial charge in [0.2, 0.25) is 0 Å². The Bertz CT molecular complexity index is 1460. The van der Waals surface area contributed by atoms with Crippen LogP contribution in [-0.4, -0.2) is 41.2 Å². The third-order valence-corrected chi connectivity index (χ3v) is 7.49. The molecule has 1 fully saturated rings. The van der Waals surface area contributed by atoms with Crippen LogP contribution >= 0.6 is 27.7 Å². The number of nitro benzene ring substituents is 1. The molecule has 39 heavy (non-hydrogen) atoms. The predicted molar refractivity (Wildman–Crippen MR) is 152 cm³/mol. The van der Waals surface area contributed by atoms with Crippen molar-refractivity contribution in [3.8, 4) is 17.2 Å². The quantitative estimate of drug-likeness (QED) is 0.142. The average Bonchev–Trinajstić information content (AvgIpc) is 3.18. The van der Waals surface area contributed by atoms with Gasteiger partial charge in [0.1, 0.15) is 19.0 Å². The van der Waals surface area contributed by atoms with Gasteiger partial charge in [0, 0.05) is 16.6 Å². The molecule has 0 spiro atoms. The topological polar surface area (TPSA) is 108 Å². The zero-order valence-corrected chi connectivity index (χ0v) is 23.8. The van der Waals surface area contributed by atoms with Crippen LogP contribution in [0.15, 0.2) is 64.0 Å². The van der Waals surface area contributed by atoms with Gasteiger partial charge in [-0.15, -0.1) is 0 Å². The number of rotatable bonds is 10. The summed E-state index contributed by atoms with van der Waals surface area (Å²) in [5.41, 5.74) is 3.42. The highest BCUT2D eigenvalue weighted by atomic mass is 79.9. The van der Waals surface area contributed by atoms with Crippen molar-refractivity contribution in [2.24, 2.45) is 0 Å². The molecule has 3 aromatic rings. The fourth-order valence-electron chi connectivity index (χ4n) is 3.75. The van der Waals surface area contributed by atoms with E-state index in [1.165, 1.54) is 24.1 Å². The highest BCUT2D eigenvalue weighted by molar-refractivity contribution is 9.10. The van der Waals surface area contributed by atoms with Crippen LogP contribution in [0.3, 0.4) is 0 Å². The number of non-ortho nitro benzene ring substituents is 1. The van der Waals surface area contributed by atoms with Gasteiger partial charge in [-0.05, 0) is 84.3 Å². The van der Waals surface area contributed by atoms with Crippen LogP contribution in [0.25, 0.3) is 6.08 Å². The molecule has 9 nitrogen and oxygen atoms in total. The second kappa shape index (κ2) is 12.4. The summed E-state index contributed by atoms with van der Waals surface area (Å²) in [6.07, 6.45) is 1.63. The van der Waals surface area contributed by atoms with Gasteiger partial charge in [-0.3, -0.25) is 24.6 Å². The fourth-order valence-corrected chi connectivity index (χ4v) is 5.05. The van der Waals surface area contributed by atoms with Gasteiger partial charge < -0.3 is 14.2 Å². The maximum atomic E-state index is 13.0. The molecule has 4 rings (SSSR count). The summed E-state index contributed by atoms with van der Waals surface area (Å²) in [4.78, 5) is 37.4. The molecule has 1 saturated heterocycles. The summed E-state index contributed by atoms with van der Waals surface area (Å²) in [5, 5.41) is 10.5. The van der Waals surface area contributed by atoms with Gasteiger partial charge in [0.15, 0.2) is 11.5 Å². The molecule has 1 aliphatic rings. The molecule has 0 aromatic heterocycles. The molecule has 3 aromatic carbocycles. The summed E-state index contributed by atoms with van der Waals surface area (Å²) in [6.45, 7) is 4.40. The number of halogens is 1. The first-order chi connectivity index (χ1) is 18.7. The lowest BCUT2D eigenvalue weighted by molar-refractivity contribution is -0.384. The van der Waals surface area contributed by atoms with E-state index in [0.717, 1.165) is 34.2 Å². The zero-order chi connectivity index (χ0) is 28.1. The monoisotopic (exact) mass is 612 g/mol. The number of hydrogen-bond donors (Lipinski definition) is 0. The number of imide groups is 1. The molecule has 0 aliphatic carbocycles. The van der Waals surface area contributed by atoms with Crippen molar-refractivity contribution in [2.45, 2.75) is 20.5 Å². The number of nitrogens with zero attached hydrogens (tertiary/aromatic N) is 2. The van der Waals surface area contributed by atoms with E-state index in [1.54, 1.807) is 30.3 Å². The molecule has 11 heteroatoms. The number of benzene rings is 3. The first-order valence-corrected chi connectivity index (χ1v) is 13.5. The van der Waals surface area contributed by atoms with Crippen molar-refractivity contribution >= 4 is 50.6 Å². The number of aryl methyl sites for hydroxylation is 2. The highest BCUT2D eigenvalue weighted by Crippen LogP contribution is 2.38. The Morgan fingerprint density at radius 3 is 2.44 bits per heavy atom. The van der Waals surface area contributed by atoms with Gasteiger partial charge in [0.05, 0.1) is 23.5 Å². The van der Waals surface area contributed by atoms with Crippen LogP contribution in [0.1, 0.15) is 22.3 Å². The molecule has 1 aliphatic heterocycles. The van der Waals surface area contributed by atoms with E-state index in [0.29, 0.717) is 21.5 Å². The minimum absolute atomic E-state index is 0.00161. The fraction of sp³-hybridized carbons (Fsp3) is 0.214. The molecule has 202 valence electrons. The van der Waals surface area contributed by atoms with Crippen molar-refractivity contribution in [1.29, 1.82) is 0 Å². The lowest BCUT2D eigenvalue weighted by atomic mass is 10.1. The summed E-state index contributed by atoms with van der Waals surface area (Å²) in [6, 6.07) is 15.4. The van der Waals surface area contributed by atoms with E-state index in [2.05, 4.69) is 15.9 Å². The van der Waals surface area contributed by atoms with Crippen LogP contribution in [0, 0.1) is 24.0 Å². The third kappa shape index (κ3) is 6.79. The SMILES string of the molecule is COc1cc(/C=C2\SC(=O)N(CCOc3cc(C)ccc3C)C2=O)c(Br)cc1OCc1ccc([N+](=O)[O-])cc1. The van der Waals surface area contributed by atoms with Crippen molar-refractivity contribution in [1.82, 2.24) is 4.90 Å². The van der Waals surface area contributed by atoms with E-state index >= 15 is 0 Å². The molecule has 0 atom stereocenters. The van der Waals surface area contributed by atoms with Gasteiger partial charge in [-0.2, -0.15) is 0 Å². The lowest BCUT2D eigenvalue weighted by Crippen LogP contribution is -2.32. The number of nitro groups is 1. The minimum atomic E-state index is -0.460. The normalized spacial score (nSPS) is 14.2. The molecular weight excluding hydrogens is 588 g/mol. The number of methoxy groups -OCH3 is 1. The second-order valence-corrected chi connectivity index (χ2v) is 10.5. The van der Waals surface area contributed by atoms with Crippen LogP contribution in [-0.2, 0) is 11.4 Å². The van der Waals surface area contributed by atoms with Gasteiger partial charge in [0.25, 0.3) is 16.8 Å². The van der Waals surface area contributed by atoms with E-state index < -0.39 is 4.92 Å². The average molecular weight is 613 g/mol. The largest absolute Gasteiger partial charge is 0.493 e. The number of hydrogen-bond acceptors (Lipinski definition) is 8. The van der Waals surface area contributed by atoms with E-state index in [1.807, 2.05) is 32.0 Å². The summed E-state index contributed by atoms with van der Waals surface area (Å²) >= 11 is 4.37. The smallest absolute Gasteiger partial charge is 0.293 e. The van der Waals surface area contributed by atoms with Crippen LogP contribution in [0.4, 0.5) is 10.5 Å². The van der Waals surface area contributed by atoms with Crippen molar-refractivity contribution in [3.63, 3.8) is 0 Å².